The molecule has 0 saturated carbocycles. The van der Waals surface area contributed by atoms with Gasteiger partial charge in [-0.25, -0.2) is 9.97 Å². The molecule has 3 aromatic carbocycles. The van der Waals surface area contributed by atoms with Crippen LogP contribution in [0.3, 0.4) is 0 Å². The number of hydrogen-bond acceptors (Lipinski definition) is 4. The first-order valence-corrected chi connectivity index (χ1v) is 14.5. The van der Waals surface area contributed by atoms with Crippen LogP contribution in [0.25, 0.3) is 22.2 Å². The van der Waals surface area contributed by atoms with Crippen LogP contribution in [0, 0.1) is 6.92 Å². The molecule has 0 bridgehead atoms. The van der Waals surface area contributed by atoms with E-state index in [1.165, 1.54) is 22.3 Å². The number of rotatable bonds is 3. The number of aromatic nitrogens is 2. The van der Waals surface area contributed by atoms with Crippen molar-refractivity contribution in [2.75, 3.05) is 4.90 Å². The maximum Gasteiger partial charge on any atom is 0.141 e. The standard InChI is InChI=1S/C37H39N3O/c1-22(2)26-13-17-33(41)35-27(26)12-16-30(39-35)24-10-14-28-31(19-24)40(34-18-9-23(3)21-38-34)32-20-25(36(4,5)6)11-15-29(32)37(28,7)8/h9-22,41H,1-8H3. The van der Waals surface area contributed by atoms with Gasteiger partial charge in [0.15, 0.2) is 0 Å². The number of pyridine rings is 2. The SMILES string of the molecule is Cc1ccc(N2c3cc(-c4ccc5c(C(C)C)ccc(O)c5n4)ccc3C(C)(C)c3ccc(C(C)(C)C)cc32)nc1. The Morgan fingerprint density at radius 1 is 0.829 bits per heavy atom. The summed E-state index contributed by atoms with van der Waals surface area (Å²) >= 11 is 0. The van der Waals surface area contributed by atoms with Crippen molar-refractivity contribution in [3.05, 3.63) is 107 Å². The van der Waals surface area contributed by atoms with E-state index in [4.69, 9.17) is 9.97 Å². The molecule has 1 aliphatic heterocycles. The fourth-order valence-corrected chi connectivity index (χ4v) is 6.12. The van der Waals surface area contributed by atoms with Gasteiger partial charge in [-0.1, -0.05) is 90.9 Å². The van der Waals surface area contributed by atoms with E-state index >= 15 is 0 Å². The Hall–Kier alpha value is -4.18. The second kappa shape index (κ2) is 9.44. The number of hydrogen-bond donors (Lipinski definition) is 1. The highest BCUT2D eigenvalue weighted by Gasteiger charge is 2.38. The molecule has 0 saturated heterocycles. The number of phenols is 1. The van der Waals surface area contributed by atoms with Crippen LogP contribution >= 0.6 is 0 Å². The molecule has 4 heteroatoms. The molecule has 0 amide bonds. The zero-order chi connectivity index (χ0) is 29.3. The average Bonchev–Trinajstić information content (AvgIpc) is 2.93. The van der Waals surface area contributed by atoms with Crippen molar-refractivity contribution in [3.8, 4) is 17.0 Å². The van der Waals surface area contributed by atoms with E-state index < -0.39 is 0 Å². The van der Waals surface area contributed by atoms with E-state index in [1.54, 1.807) is 6.07 Å². The van der Waals surface area contributed by atoms with E-state index in [0.29, 0.717) is 11.4 Å². The highest BCUT2D eigenvalue weighted by molar-refractivity contribution is 5.91. The molecular formula is C37H39N3O. The molecule has 0 radical (unpaired) electrons. The van der Waals surface area contributed by atoms with Crippen LogP contribution in [0.1, 0.15) is 82.2 Å². The summed E-state index contributed by atoms with van der Waals surface area (Å²) in [6.45, 7) is 17.8. The second-order valence-electron chi connectivity index (χ2n) is 13.3. The zero-order valence-corrected chi connectivity index (χ0v) is 25.4. The van der Waals surface area contributed by atoms with Gasteiger partial charge in [-0.2, -0.15) is 0 Å². The number of phenolic OH excluding ortho intramolecular Hbond substituents is 1. The fourth-order valence-electron chi connectivity index (χ4n) is 6.12. The maximum atomic E-state index is 10.7. The van der Waals surface area contributed by atoms with Crippen LogP contribution in [0.15, 0.2) is 79.0 Å². The largest absolute Gasteiger partial charge is 0.506 e. The number of aryl methyl sites for hydroxylation is 1. The van der Waals surface area contributed by atoms with Crippen LogP contribution in [0.4, 0.5) is 17.2 Å². The van der Waals surface area contributed by atoms with Crippen LogP contribution < -0.4 is 4.90 Å². The van der Waals surface area contributed by atoms with Crippen molar-refractivity contribution in [2.45, 2.75) is 72.1 Å². The van der Waals surface area contributed by atoms with Gasteiger partial charge in [0.05, 0.1) is 17.1 Å². The normalized spacial score (nSPS) is 14.3. The molecule has 1 N–H and O–H groups in total. The van der Waals surface area contributed by atoms with Gasteiger partial charge in [0, 0.05) is 22.6 Å². The molecule has 0 unspecified atom stereocenters. The average molecular weight is 542 g/mol. The first-order chi connectivity index (χ1) is 19.4. The quantitative estimate of drug-likeness (QED) is 0.247. The molecule has 3 heterocycles. The minimum atomic E-state index is -0.206. The van der Waals surface area contributed by atoms with Crippen molar-refractivity contribution < 1.29 is 5.11 Å². The second-order valence-corrected chi connectivity index (χ2v) is 13.3. The first kappa shape index (κ1) is 27.0. The first-order valence-electron chi connectivity index (χ1n) is 14.5. The summed E-state index contributed by atoms with van der Waals surface area (Å²) in [4.78, 5) is 12.2. The monoisotopic (exact) mass is 541 g/mol. The lowest BCUT2D eigenvalue weighted by atomic mass is 9.72. The topological polar surface area (TPSA) is 49.2 Å². The van der Waals surface area contributed by atoms with Crippen molar-refractivity contribution in [2.24, 2.45) is 0 Å². The van der Waals surface area contributed by atoms with E-state index in [2.05, 4.69) is 121 Å². The van der Waals surface area contributed by atoms with E-state index in [1.807, 2.05) is 12.3 Å². The molecular weight excluding hydrogens is 502 g/mol. The molecule has 0 aliphatic carbocycles. The Bertz CT molecular complexity index is 1790. The molecule has 0 fully saturated rings. The summed E-state index contributed by atoms with van der Waals surface area (Å²) in [5, 5.41) is 11.7. The Kier molecular flexibility index (Phi) is 6.22. The lowest BCUT2D eigenvalue weighted by Gasteiger charge is -2.42. The minimum Gasteiger partial charge on any atom is -0.506 e. The zero-order valence-electron chi connectivity index (χ0n) is 25.4. The van der Waals surface area contributed by atoms with Gasteiger partial charge >= 0.3 is 0 Å². The molecule has 1 aliphatic rings. The van der Waals surface area contributed by atoms with E-state index in [0.717, 1.165) is 39.4 Å². The van der Waals surface area contributed by atoms with E-state index in [9.17, 15) is 5.11 Å². The number of anilines is 3. The van der Waals surface area contributed by atoms with Gasteiger partial charge in [0.2, 0.25) is 0 Å². The highest BCUT2D eigenvalue weighted by atomic mass is 16.3. The Labute approximate surface area is 243 Å². The van der Waals surface area contributed by atoms with Gasteiger partial charge in [0.25, 0.3) is 0 Å². The Morgan fingerprint density at radius 2 is 1.54 bits per heavy atom. The van der Waals surface area contributed by atoms with Crippen molar-refractivity contribution in [1.29, 1.82) is 0 Å². The molecule has 0 atom stereocenters. The summed E-state index contributed by atoms with van der Waals surface area (Å²) in [5.74, 6) is 1.44. The molecule has 41 heavy (non-hydrogen) atoms. The van der Waals surface area contributed by atoms with Crippen LogP contribution in [0.2, 0.25) is 0 Å². The fraction of sp³-hybridized carbons (Fsp3) is 0.297. The predicted molar refractivity (Wildman–Crippen MR) is 171 cm³/mol. The van der Waals surface area contributed by atoms with Crippen LogP contribution in [-0.2, 0) is 10.8 Å². The number of benzene rings is 3. The summed E-state index contributed by atoms with van der Waals surface area (Å²) in [5.41, 5.74) is 10.7. The molecule has 208 valence electrons. The van der Waals surface area contributed by atoms with Crippen molar-refractivity contribution >= 4 is 28.1 Å². The Balaban J connectivity index is 1.59. The van der Waals surface area contributed by atoms with E-state index in [-0.39, 0.29) is 16.6 Å². The number of fused-ring (bicyclic) bond motifs is 3. The smallest absolute Gasteiger partial charge is 0.141 e. The van der Waals surface area contributed by atoms with Crippen LogP contribution in [0.5, 0.6) is 5.75 Å². The third-order valence-electron chi connectivity index (χ3n) is 8.60. The summed E-state index contributed by atoms with van der Waals surface area (Å²) in [6.07, 6.45) is 1.94. The third kappa shape index (κ3) is 4.46. The summed E-state index contributed by atoms with van der Waals surface area (Å²) in [7, 11) is 0. The van der Waals surface area contributed by atoms with Gasteiger partial charge in [-0.3, -0.25) is 4.90 Å². The molecule has 4 nitrogen and oxygen atoms in total. The maximum absolute atomic E-state index is 10.7. The van der Waals surface area contributed by atoms with Gasteiger partial charge in [0.1, 0.15) is 17.1 Å². The molecule has 6 rings (SSSR count). The molecule has 0 spiro atoms. The molecule has 5 aromatic rings. The number of aromatic hydroxyl groups is 1. The van der Waals surface area contributed by atoms with Gasteiger partial charge < -0.3 is 5.11 Å². The van der Waals surface area contributed by atoms with Gasteiger partial charge in [-0.05, 0) is 76.4 Å². The minimum absolute atomic E-state index is 0.0134. The van der Waals surface area contributed by atoms with Crippen molar-refractivity contribution in [1.82, 2.24) is 9.97 Å². The number of nitrogens with zero attached hydrogens (tertiary/aromatic N) is 3. The lowest BCUT2D eigenvalue weighted by Crippen LogP contribution is -2.31. The molecule has 2 aromatic heterocycles. The highest BCUT2D eigenvalue weighted by Crippen LogP contribution is 2.53. The lowest BCUT2D eigenvalue weighted by molar-refractivity contribution is 0.480. The van der Waals surface area contributed by atoms with Crippen LogP contribution in [-0.4, -0.2) is 15.1 Å². The summed E-state index contributed by atoms with van der Waals surface area (Å²) in [6, 6.07) is 25.7. The van der Waals surface area contributed by atoms with Gasteiger partial charge in [-0.15, -0.1) is 0 Å². The predicted octanol–water partition coefficient (Wildman–Crippen LogP) is 9.84. The van der Waals surface area contributed by atoms with Crippen molar-refractivity contribution in [3.63, 3.8) is 0 Å². The summed E-state index contributed by atoms with van der Waals surface area (Å²) < 4.78 is 0. The Morgan fingerprint density at radius 3 is 2.20 bits per heavy atom. The third-order valence-corrected chi connectivity index (χ3v) is 8.60.